The molecule has 0 aromatic carbocycles. The first-order valence-electron chi connectivity index (χ1n) is 6.92. The second-order valence-electron chi connectivity index (χ2n) is 5.57. The van der Waals surface area contributed by atoms with Gasteiger partial charge in [0.2, 0.25) is 5.91 Å². The zero-order chi connectivity index (χ0) is 15.0. The molecule has 0 atom stereocenters. The van der Waals surface area contributed by atoms with Crippen LogP contribution in [0.25, 0.3) is 0 Å². The second-order valence-corrected chi connectivity index (χ2v) is 7.20. The molecular formula is C13H17N3O4S. The molecule has 21 heavy (non-hydrogen) atoms. The summed E-state index contributed by atoms with van der Waals surface area (Å²) >= 11 is 0. The van der Waals surface area contributed by atoms with E-state index >= 15 is 0 Å². The van der Waals surface area contributed by atoms with Crippen LogP contribution < -0.4 is 10.0 Å². The second kappa shape index (κ2) is 5.27. The van der Waals surface area contributed by atoms with E-state index in [0.717, 1.165) is 12.8 Å². The zero-order valence-corrected chi connectivity index (χ0v) is 12.1. The molecule has 0 bridgehead atoms. The molecule has 0 unspecified atom stereocenters. The molecule has 2 aliphatic carbocycles. The highest BCUT2D eigenvalue weighted by Gasteiger charge is 2.33. The van der Waals surface area contributed by atoms with Gasteiger partial charge in [-0.15, -0.1) is 0 Å². The molecular weight excluding hydrogens is 294 g/mol. The van der Waals surface area contributed by atoms with Crippen LogP contribution in [-0.2, 0) is 14.8 Å². The third-order valence-corrected chi connectivity index (χ3v) is 4.90. The normalized spacial score (nSPS) is 25.0. The summed E-state index contributed by atoms with van der Waals surface area (Å²) in [5.74, 6) is -0.219. The van der Waals surface area contributed by atoms with E-state index in [1.807, 2.05) is 0 Å². The molecule has 1 aromatic heterocycles. The van der Waals surface area contributed by atoms with Crippen LogP contribution >= 0.6 is 0 Å². The number of nitrogens with zero attached hydrogens (tertiary/aromatic N) is 1. The van der Waals surface area contributed by atoms with E-state index in [9.17, 15) is 18.3 Å². The summed E-state index contributed by atoms with van der Waals surface area (Å²) in [5, 5.41) is 12.1. The third-order valence-electron chi connectivity index (χ3n) is 3.65. The topological polar surface area (TPSA) is 108 Å². The van der Waals surface area contributed by atoms with E-state index in [2.05, 4.69) is 15.0 Å². The SMILES string of the molecule is O=C(NS(=O)(=O)c1cccc(NC2CC(O)C2)n1)C1CC1. The summed E-state index contributed by atoms with van der Waals surface area (Å²) in [6.45, 7) is 0. The van der Waals surface area contributed by atoms with Crippen molar-refractivity contribution < 1.29 is 18.3 Å². The highest BCUT2D eigenvalue weighted by atomic mass is 32.2. The number of carbonyl (C=O) groups is 1. The molecule has 0 aliphatic heterocycles. The number of anilines is 1. The van der Waals surface area contributed by atoms with Crippen LogP contribution in [0.5, 0.6) is 0 Å². The lowest BCUT2D eigenvalue weighted by Gasteiger charge is -2.32. The van der Waals surface area contributed by atoms with Crippen molar-refractivity contribution in [2.24, 2.45) is 5.92 Å². The van der Waals surface area contributed by atoms with E-state index in [1.54, 1.807) is 12.1 Å². The molecule has 0 radical (unpaired) electrons. The van der Waals surface area contributed by atoms with Crippen LogP contribution in [0.15, 0.2) is 23.2 Å². The average molecular weight is 311 g/mol. The summed E-state index contributed by atoms with van der Waals surface area (Å²) in [7, 11) is -3.92. The number of rotatable bonds is 5. The van der Waals surface area contributed by atoms with Crippen molar-refractivity contribution in [2.75, 3.05) is 5.32 Å². The van der Waals surface area contributed by atoms with Crippen LogP contribution in [-0.4, -0.2) is 36.6 Å². The van der Waals surface area contributed by atoms with Crippen molar-refractivity contribution in [3.63, 3.8) is 0 Å². The first-order valence-corrected chi connectivity index (χ1v) is 8.41. The summed E-state index contributed by atoms with van der Waals surface area (Å²) in [5.41, 5.74) is 0. The monoisotopic (exact) mass is 311 g/mol. The molecule has 1 amide bonds. The maximum atomic E-state index is 12.1. The average Bonchev–Trinajstić information content (AvgIpc) is 3.21. The minimum Gasteiger partial charge on any atom is -0.393 e. The Balaban J connectivity index is 1.70. The number of pyridine rings is 1. The Bertz CT molecular complexity index is 651. The highest BCUT2D eigenvalue weighted by molar-refractivity contribution is 7.90. The number of hydrogen-bond donors (Lipinski definition) is 3. The highest BCUT2D eigenvalue weighted by Crippen LogP contribution is 2.29. The fourth-order valence-electron chi connectivity index (χ4n) is 2.17. The standard InChI is InChI=1S/C13H17N3O4S/c17-10-6-9(7-10)14-11-2-1-3-12(15-11)21(19,20)16-13(18)8-4-5-8/h1-3,8-10,17H,4-7H2,(H,14,15)(H,16,18). The molecule has 3 rings (SSSR count). The van der Waals surface area contributed by atoms with Crippen LogP contribution in [0.1, 0.15) is 25.7 Å². The van der Waals surface area contributed by atoms with E-state index < -0.39 is 15.9 Å². The fraction of sp³-hybridized carbons (Fsp3) is 0.538. The number of aliphatic hydroxyl groups excluding tert-OH is 1. The van der Waals surface area contributed by atoms with E-state index in [0.29, 0.717) is 18.7 Å². The molecule has 1 aromatic rings. The lowest BCUT2D eigenvalue weighted by atomic mass is 9.89. The molecule has 2 fully saturated rings. The summed E-state index contributed by atoms with van der Waals surface area (Å²) in [4.78, 5) is 15.6. The van der Waals surface area contributed by atoms with Crippen LogP contribution in [0.2, 0.25) is 0 Å². The van der Waals surface area contributed by atoms with Gasteiger partial charge in [0.05, 0.1) is 6.10 Å². The van der Waals surface area contributed by atoms with E-state index in [-0.39, 0.29) is 23.1 Å². The van der Waals surface area contributed by atoms with Crippen molar-refractivity contribution >= 4 is 21.7 Å². The lowest BCUT2D eigenvalue weighted by molar-refractivity contribution is -0.120. The summed E-state index contributed by atoms with van der Waals surface area (Å²) in [6.07, 6.45) is 2.42. The molecule has 114 valence electrons. The lowest BCUT2D eigenvalue weighted by Crippen LogP contribution is -2.39. The molecule has 0 spiro atoms. The third kappa shape index (κ3) is 3.33. The van der Waals surface area contributed by atoms with Crippen molar-refractivity contribution in [3.05, 3.63) is 18.2 Å². The number of sulfonamides is 1. The van der Waals surface area contributed by atoms with Crippen LogP contribution in [0.4, 0.5) is 5.82 Å². The number of aliphatic hydroxyl groups is 1. The Morgan fingerprint density at radius 3 is 2.62 bits per heavy atom. The first kappa shape index (κ1) is 14.3. The Labute approximate surface area is 122 Å². The van der Waals surface area contributed by atoms with Crippen molar-refractivity contribution in [1.29, 1.82) is 0 Å². The van der Waals surface area contributed by atoms with Gasteiger partial charge in [0, 0.05) is 12.0 Å². The van der Waals surface area contributed by atoms with Crippen molar-refractivity contribution in [2.45, 2.75) is 42.9 Å². The maximum Gasteiger partial charge on any atom is 0.281 e. The molecule has 7 nitrogen and oxygen atoms in total. The van der Waals surface area contributed by atoms with Gasteiger partial charge in [0.15, 0.2) is 5.03 Å². The van der Waals surface area contributed by atoms with Gasteiger partial charge < -0.3 is 10.4 Å². The fourth-order valence-corrected chi connectivity index (χ4v) is 3.19. The van der Waals surface area contributed by atoms with Gasteiger partial charge in [-0.1, -0.05) is 6.07 Å². The first-order chi connectivity index (χ1) is 9.94. The van der Waals surface area contributed by atoms with Gasteiger partial charge in [0.1, 0.15) is 5.82 Å². The van der Waals surface area contributed by atoms with Crippen molar-refractivity contribution in [1.82, 2.24) is 9.71 Å². The van der Waals surface area contributed by atoms with Gasteiger partial charge >= 0.3 is 0 Å². The number of nitrogens with one attached hydrogen (secondary N) is 2. The van der Waals surface area contributed by atoms with Crippen LogP contribution in [0.3, 0.4) is 0 Å². The smallest absolute Gasteiger partial charge is 0.281 e. The Morgan fingerprint density at radius 1 is 1.29 bits per heavy atom. The van der Waals surface area contributed by atoms with Crippen LogP contribution in [0, 0.1) is 5.92 Å². The minimum atomic E-state index is -3.92. The van der Waals surface area contributed by atoms with E-state index in [4.69, 9.17) is 0 Å². The van der Waals surface area contributed by atoms with Gasteiger partial charge in [-0.3, -0.25) is 4.79 Å². The number of amides is 1. The number of carbonyl (C=O) groups excluding carboxylic acids is 1. The zero-order valence-electron chi connectivity index (χ0n) is 11.3. The minimum absolute atomic E-state index is 0.103. The van der Waals surface area contributed by atoms with Gasteiger partial charge in [-0.25, -0.2) is 9.71 Å². The number of aromatic nitrogens is 1. The van der Waals surface area contributed by atoms with Gasteiger partial charge in [-0.2, -0.15) is 8.42 Å². The molecule has 1 heterocycles. The molecule has 2 saturated carbocycles. The maximum absolute atomic E-state index is 12.1. The van der Waals surface area contributed by atoms with Gasteiger partial charge in [0.25, 0.3) is 10.0 Å². The van der Waals surface area contributed by atoms with Gasteiger partial charge in [-0.05, 0) is 37.8 Å². The Kier molecular flexibility index (Phi) is 3.58. The predicted molar refractivity (Wildman–Crippen MR) is 74.9 cm³/mol. The Morgan fingerprint density at radius 2 is 2.00 bits per heavy atom. The molecule has 3 N–H and O–H groups in total. The summed E-state index contributed by atoms with van der Waals surface area (Å²) < 4.78 is 26.2. The molecule has 2 aliphatic rings. The molecule has 8 heteroatoms. The summed E-state index contributed by atoms with van der Waals surface area (Å²) in [6, 6.07) is 4.68. The number of hydrogen-bond acceptors (Lipinski definition) is 6. The Hall–Kier alpha value is -1.67. The van der Waals surface area contributed by atoms with E-state index in [1.165, 1.54) is 6.07 Å². The largest absolute Gasteiger partial charge is 0.393 e. The van der Waals surface area contributed by atoms with Crippen molar-refractivity contribution in [3.8, 4) is 0 Å². The molecule has 0 saturated heterocycles. The quantitative estimate of drug-likeness (QED) is 0.718. The predicted octanol–water partition coefficient (Wildman–Crippen LogP) is 0.232.